The van der Waals surface area contributed by atoms with Gasteiger partial charge in [-0.05, 0) is 12.2 Å². The van der Waals surface area contributed by atoms with E-state index < -0.39 is 7.22 Å². The van der Waals surface area contributed by atoms with E-state index in [2.05, 4.69) is 38.9 Å². The molecule has 0 N–H and O–H groups in total. The first-order chi connectivity index (χ1) is 5.24. The smallest absolute Gasteiger partial charge is 0.116 e. The van der Waals surface area contributed by atoms with Crippen LogP contribution in [0.2, 0.25) is 18.1 Å². The molecule has 0 fully saturated rings. The second kappa shape index (κ2) is 6.12. The summed E-state index contributed by atoms with van der Waals surface area (Å²) in [4.78, 5) is 0. The van der Waals surface area contributed by atoms with E-state index in [0.717, 1.165) is 0 Å². The third-order valence-electron chi connectivity index (χ3n) is 2.55. The van der Waals surface area contributed by atoms with E-state index in [9.17, 15) is 0 Å². The summed E-state index contributed by atoms with van der Waals surface area (Å²) in [5.74, 6) is 1.39. The van der Waals surface area contributed by atoms with Gasteiger partial charge in [0.15, 0.2) is 0 Å². The molecule has 0 aromatic carbocycles. The molecule has 2 heteroatoms. The maximum Gasteiger partial charge on any atom is 0.116 e. The van der Waals surface area contributed by atoms with Crippen LogP contribution in [0.4, 0.5) is 0 Å². The average molecular weight is 190 g/mol. The molecule has 11 heavy (non-hydrogen) atoms. The van der Waals surface area contributed by atoms with Crippen LogP contribution in [0.3, 0.4) is 0 Å². The largest absolute Gasteiger partial charge is 0.185 e. The van der Waals surface area contributed by atoms with Crippen molar-refractivity contribution in [2.45, 2.75) is 52.2 Å². The molecule has 0 saturated heterocycles. The molecule has 0 aliphatic heterocycles. The van der Waals surface area contributed by atoms with Crippen LogP contribution in [-0.4, -0.2) is 13.0 Å². The monoisotopic (exact) mass is 190 g/mol. The Labute approximate surface area is 76.8 Å². The van der Waals surface area contributed by atoms with Gasteiger partial charge in [0.25, 0.3) is 0 Å². The van der Waals surface area contributed by atoms with E-state index in [0.29, 0.717) is 0 Å². The van der Waals surface area contributed by atoms with E-state index in [1.165, 1.54) is 30.3 Å². The van der Waals surface area contributed by atoms with Gasteiger partial charge in [0.1, 0.15) is 7.22 Å². The molecular formula is C9H22SSi. The summed E-state index contributed by atoms with van der Waals surface area (Å²) in [6, 6.07) is 4.39. The first kappa shape index (κ1) is 11.6. The zero-order valence-corrected chi connectivity index (χ0v) is 10.3. The third kappa shape index (κ3) is 3.65. The van der Waals surface area contributed by atoms with Gasteiger partial charge in [-0.3, -0.25) is 0 Å². The van der Waals surface area contributed by atoms with Gasteiger partial charge in [0, 0.05) is 0 Å². The van der Waals surface area contributed by atoms with Crippen LogP contribution < -0.4 is 0 Å². The number of rotatable bonds is 6. The van der Waals surface area contributed by atoms with Crippen LogP contribution in [0.15, 0.2) is 0 Å². The van der Waals surface area contributed by atoms with Crippen LogP contribution in [0, 0.1) is 0 Å². The maximum absolute atomic E-state index is 2.38. The van der Waals surface area contributed by atoms with Crippen molar-refractivity contribution in [1.82, 2.24) is 0 Å². The highest BCUT2D eigenvalue weighted by Gasteiger charge is 2.26. The Morgan fingerprint density at radius 3 is 1.64 bits per heavy atom. The average Bonchev–Trinajstić information content (AvgIpc) is 2.08. The normalized spacial score (nSPS) is 12.0. The van der Waals surface area contributed by atoms with Crippen LogP contribution in [0.5, 0.6) is 0 Å². The molecule has 0 amide bonds. The summed E-state index contributed by atoms with van der Waals surface area (Å²) < 4.78 is 0. The van der Waals surface area contributed by atoms with Gasteiger partial charge < -0.3 is 0 Å². The lowest BCUT2D eigenvalue weighted by atomic mass is 10.6. The second-order valence-corrected chi connectivity index (χ2v) is 11.7. The van der Waals surface area contributed by atoms with Gasteiger partial charge in [0.05, 0.1) is 0 Å². The van der Waals surface area contributed by atoms with Gasteiger partial charge in [-0.15, -0.1) is 0 Å². The Bertz CT molecular complexity index is 81.3. The summed E-state index contributed by atoms with van der Waals surface area (Å²) >= 11 is 2.31. The molecule has 68 valence electrons. The molecule has 0 aromatic rings. The minimum atomic E-state index is -0.822. The summed E-state index contributed by atoms with van der Waals surface area (Å²) in [5.41, 5.74) is 0. The highest BCUT2D eigenvalue weighted by molar-refractivity contribution is 8.28. The van der Waals surface area contributed by atoms with Gasteiger partial charge in [-0.2, -0.15) is 11.2 Å². The van der Waals surface area contributed by atoms with Crippen molar-refractivity contribution < 1.29 is 0 Å². The highest BCUT2D eigenvalue weighted by atomic mass is 32.4. The molecule has 0 rings (SSSR count). The van der Waals surface area contributed by atoms with E-state index in [4.69, 9.17) is 0 Å². The van der Waals surface area contributed by atoms with E-state index in [1.54, 1.807) is 0 Å². The Hall–Kier alpha value is 0.567. The molecule has 0 nitrogen and oxygen atoms in total. The Kier molecular flexibility index (Phi) is 6.44. The number of hydrogen-bond acceptors (Lipinski definition) is 1. The molecule has 0 aliphatic carbocycles. The lowest BCUT2D eigenvalue weighted by molar-refractivity contribution is 1.11. The minimum absolute atomic E-state index is 0.822. The topological polar surface area (TPSA) is 0 Å². The molecule has 0 atom stereocenters. The molecule has 0 aromatic heterocycles. The summed E-state index contributed by atoms with van der Waals surface area (Å²) in [6.45, 7) is 9.42. The second-order valence-electron chi connectivity index (χ2n) is 3.09. The zero-order valence-electron chi connectivity index (χ0n) is 8.44. The summed E-state index contributed by atoms with van der Waals surface area (Å²) in [7, 11) is -0.822. The fourth-order valence-electron chi connectivity index (χ4n) is 1.37. The first-order valence-corrected chi connectivity index (χ1v) is 9.21. The molecule has 0 saturated carbocycles. The van der Waals surface area contributed by atoms with Crippen molar-refractivity contribution in [2.24, 2.45) is 0 Å². The lowest BCUT2D eigenvalue weighted by Gasteiger charge is -2.26. The van der Waals surface area contributed by atoms with E-state index in [-0.39, 0.29) is 0 Å². The zero-order chi connectivity index (χ0) is 8.74. The van der Waals surface area contributed by atoms with Crippen molar-refractivity contribution in [3.63, 3.8) is 0 Å². The predicted molar refractivity (Wildman–Crippen MR) is 59.9 cm³/mol. The van der Waals surface area contributed by atoms with Crippen molar-refractivity contribution in [3.8, 4) is 0 Å². The molecule has 0 radical (unpaired) electrons. The summed E-state index contributed by atoms with van der Waals surface area (Å²) in [6.07, 6.45) is 1.35. The molecule has 0 aliphatic rings. The quantitative estimate of drug-likeness (QED) is 0.567. The highest BCUT2D eigenvalue weighted by Crippen LogP contribution is 2.32. The van der Waals surface area contributed by atoms with Crippen molar-refractivity contribution in [2.75, 3.05) is 5.75 Å². The molecule has 0 bridgehead atoms. The lowest BCUT2D eigenvalue weighted by Crippen LogP contribution is -2.27. The molecule has 0 spiro atoms. The Morgan fingerprint density at radius 1 is 0.909 bits per heavy atom. The van der Waals surface area contributed by atoms with Gasteiger partial charge in [0.2, 0.25) is 0 Å². The molecule has 0 heterocycles. The van der Waals surface area contributed by atoms with Gasteiger partial charge in [-0.25, -0.2) is 0 Å². The Morgan fingerprint density at radius 2 is 1.36 bits per heavy atom. The molecule has 0 unspecified atom stereocenters. The van der Waals surface area contributed by atoms with Crippen molar-refractivity contribution in [3.05, 3.63) is 0 Å². The van der Waals surface area contributed by atoms with Crippen LogP contribution in [-0.2, 0) is 0 Å². The minimum Gasteiger partial charge on any atom is -0.185 e. The Balaban J connectivity index is 3.84. The third-order valence-corrected chi connectivity index (χ3v) is 12.7. The van der Waals surface area contributed by atoms with E-state index in [1.807, 2.05) is 0 Å². The van der Waals surface area contributed by atoms with Gasteiger partial charge >= 0.3 is 0 Å². The first-order valence-electron chi connectivity index (χ1n) is 4.88. The summed E-state index contributed by atoms with van der Waals surface area (Å²) in [5, 5.41) is 0. The maximum atomic E-state index is 2.38. The fraction of sp³-hybridized carbons (Fsp3) is 1.00. The van der Waals surface area contributed by atoms with Crippen molar-refractivity contribution >= 4 is 18.4 Å². The standard InChI is InChI=1S/C9H22SSi/c1-5-9-10-11(6-2,7-3)8-4/h5-9H2,1-4H3. The van der Waals surface area contributed by atoms with Crippen LogP contribution in [0.1, 0.15) is 34.1 Å². The number of hydrogen-bond donors (Lipinski definition) is 0. The van der Waals surface area contributed by atoms with Gasteiger partial charge in [-0.1, -0.05) is 45.8 Å². The van der Waals surface area contributed by atoms with Crippen molar-refractivity contribution in [1.29, 1.82) is 0 Å². The van der Waals surface area contributed by atoms with Crippen LogP contribution >= 0.6 is 11.2 Å². The SMILES string of the molecule is CCCS[Si](CC)(CC)CC. The predicted octanol–water partition coefficient (Wildman–Crippen LogP) is 4.13. The van der Waals surface area contributed by atoms with E-state index >= 15 is 0 Å². The molecular weight excluding hydrogens is 168 g/mol. The fourth-order valence-corrected chi connectivity index (χ4v) is 7.87. The van der Waals surface area contributed by atoms with Crippen LogP contribution in [0.25, 0.3) is 0 Å².